The van der Waals surface area contributed by atoms with Crippen LogP contribution in [0.25, 0.3) is 0 Å². The highest BCUT2D eigenvalue weighted by Crippen LogP contribution is 2.23. The molecule has 1 N–H and O–H groups in total. The van der Waals surface area contributed by atoms with Crippen LogP contribution in [0.4, 0.5) is 0 Å². The monoisotopic (exact) mass is 283 g/mol. The number of nitrogens with zero attached hydrogens (tertiary/aromatic N) is 2. The van der Waals surface area contributed by atoms with Crippen molar-refractivity contribution in [3.05, 3.63) is 0 Å². The van der Waals surface area contributed by atoms with Gasteiger partial charge < -0.3 is 10.2 Å². The summed E-state index contributed by atoms with van der Waals surface area (Å²) < 4.78 is 0. The van der Waals surface area contributed by atoms with Gasteiger partial charge in [-0.25, -0.2) is 0 Å². The number of hydrogen-bond donors (Lipinski definition) is 1. The Morgan fingerprint density at radius 3 is 2.40 bits per heavy atom. The Balaban J connectivity index is 2.53. The summed E-state index contributed by atoms with van der Waals surface area (Å²) in [4.78, 5) is 5.04. The first-order chi connectivity index (χ1) is 9.69. The van der Waals surface area contributed by atoms with E-state index in [0.29, 0.717) is 0 Å². The molecular weight excluding hydrogens is 246 g/mol. The van der Waals surface area contributed by atoms with E-state index in [9.17, 15) is 0 Å². The summed E-state index contributed by atoms with van der Waals surface area (Å²) in [5.74, 6) is 0. The van der Waals surface area contributed by atoms with Crippen molar-refractivity contribution in [2.24, 2.45) is 0 Å². The number of nitrogens with one attached hydrogen (secondary N) is 1. The van der Waals surface area contributed by atoms with Gasteiger partial charge >= 0.3 is 0 Å². The lowest BCUT2D eigenvalue weighted by Gasteiger charge is -2.36. The molecule has 1 aliphatic rings. The van der Waals surface area contributed by atoms with Gasteiger partial charge in [0.1, 0.15) is 0 Å². The summed E-state index contributed by atoms with van der Waals surface area (Å²) in [6, 6.07) is 1.48. The Hall–Kier alpha value is -0.120. The first kappa shape index (κ1) is 17.9. The fraction of sp³-hybridized carbons (Fsp3) is 1.00. The Kier molecular flexibility index (Phi) is 9.49. The third-order valence-electron chi connectivity index (χ3n) is 4.56. The Labute approximate surface area is 127 Å². The van der Waals surface area contributed by atoms with Crippen molar-refractivity contribution in [2.75, 3.05) is 40.3 Å². The molecule has 0 aromatic carbocycles. The molecule has 3 nitrogen and oxygen atoms in total. The van der Waals surface area contributed by atoms with Crippen LogP contribution < -0.4 is 5.32 Å². The molecule has 1 aliphatic carbocycles. The van der Waals surface area contributed by atoms with Crippen molar-refractivity contribution >= 4 is 0 Å². The van der Waals surface area contributed by atoms with Gasteiger partial charge in [0.25, 0.3) is 0 Å². The van der Waals surface area contributed by atoms with Gasteiger partial charge in [0.15, 0.2) is 0 Å². The predicted molar refractivity (Wildman–Crippen MR) is 89.4 cm³/mol. The average Bonchev–Trinajstić information content (AvgIpc) is 2.66. The van der Waals surface area contributed by atoms with Crippen LogP contribution in [0.1, 0.15) is 58.8 Å². The Morgan fingerprint density at radius 1 is 1.00 bits per heavy atom. The third kappa shape index (κ3) is 6.55. The molecule has 1 fully saturated rings. The quantitative estimate of drug-likeness (QED) is 0.656. The molecule has 1 saturated carbocycles. The molecule has 2 atom stereocenters. The van der Waals surface area contributed by atoms with Crippen LogP contribution in [0.2, 0.25) is 0 Å². The Bertz CT molecular complexity index is 230. The lowest BCUT2D eigenvalue weighted by Crippen LogP contribution is -2.50. The van der Waals surface area contributed by atoms with E-state index in [2.05, 4.69) is 43.1 Å². The first-order valence-electron chi connectivity index (χ1n) is 8.81. The molecule has 0 aromatic heterocycles. The highest BCUT2D eigenvalue weighted by Gasteiger charge is 2.27. The summed E-state index contributed by atoms with van der Waals surface area (Å²) in [6.07, 6.45) is 9.54. The van der Waals surface area contributed by atoms with E-state index in [0.717, 1.165) is 12.1 Å². The molecule has 20 heavy (non-hydrogen) atoms. The maximum absolute atomic E-state index is 3.82. The summed E-state index contributed by atoms with van der Waals surface area (Å²) in [6.45, 7) is 9.43. The van der Waals surface area contributed by atoms with Crippen molar-refractivity contribution in [1.29, 1.82) is 0 Å². The SMILES string of the molecule is CCCNC1CCCCCC1N(CC)CCCN(C)C. The fourth-order valence-corrected chi connectivity index (χ4v) is 3.44. The summed E-state index contributed by atoms with van der Waals surface area (Å²) in [7, 11) is 4.35. The molecular formula is C17H37N3. The molecule has 3 heteroatoms. The molecule has 0 bridgehead atoms. The van der Waals surface area contributed by atoms with Crippen molar-refractivity contribution in [1.82, 2.24) is 15.1 Å². The molecule has 2 unspecified atom stereocenters. The highest BCUT2D eigenvalue weighted by molar-refractivity contribution is 4.86. The second kappa shape index (κ2) is 10.6. The molecule has 0 saturated heterocycles. The van der Waals surface area contributed by atoms with E-state index < -0.39 is 0 Å². The van der Waals surface area contributed by atoms with Crippen LogP contribution in [0.3, 0.4) is 0 Å². The lowest BCUT2D eigenvalue weighted by molar-refractivity contribution is 0.149. The van der Waals surface area contributed by atoms with Gasteiger partial charge in [-0.2, -0.15) is 0 Å². The minimum absolute atomic E-state index is 0.719. The van der Waals surface area contributed by atoms with Gasteiger partial charge in [0, 0.05) is 12.1 Å². The molecule has 0 heterocycles. The van der Waals surface area contributed by atoms with Crippen molar-refractivity contribution in [3.8, 4) is 0 Å². The van der Waals surface area contributed by atoms with E-state index in [1.165, 1.54) is 71.1 Å². The molecule has 1 rings (SSSR count). The van der Waals surface area contributed by atoms with Gasteiger partial charge in [-0.15, -0.1) is 0 Å². The maximum atomic E-state index is 3.82. The second-order valence-corrected chi connectivity index (χ2v) is 6.55. The maximum Gasteiger partial charge on any atom is 0.0249 e. The van der Waals surface area contributed by atoms with E-state index >= 15 is 0 Å². The zero-order valence-electron chi connectivity index (χ0n) is 14.3. The molecule has 0 spiro atoms. The molecule has 120 valence electrons. The van der Waals surface area contributed by atoms with Gasteiger partial charge in [0.05, 0.1) is 0 Å². The fourth-order valence-electron chi connectivity index (χ4n) is 3.44. The standard InChI is InChI=1S/C17H37N3/c1-5-13-18-16-11-8-7-9-12-17(16)20(6-2)15-10-14-19(3)4/h16-18H,5-15H2,1-4H3. The number of hydrogen-bond acceptors (Lipinski definition) is 3. The van der Waals surface area contributed by atoms with Crippen LogP contribution in [0.15, 0.2) is 0 Å². The number of rotatable bonds is 9. The van der Waals surface area contributed by atoms with E-state index in [1.807, 2.05) is 0 Å². The predicted octanol–water partition coefficient (Wildman–Crippen LogP) is 2.96. The highest BCUT2D eigenvalue weighted by atomic mass is 15.2. The summed E-state index contributed by atoms with van der Waals surface area (Å²) >= 11 is 0. The zero-order chi connectivity index (χ0) is 14.8. The van der Waals surface area contributed by atoms with Gasteiger partial charge in [-0.1, -0.05) is 33.1 Å². The summed E-state index contributed by atoms with van der Waals surface area (Å²) in [5, 5.41) is 3.82. The largest absolute Gasteiger partial charge is 0.312 e. The van der Waals surface area contributed by atoms with Gasteiger partial charge in [-0.3, -0.25) is 4.90 Å². The van der Waals surface area contributed by atoms with Gasteiger partial charge in [-0.05, 0) is 66.0 Å². The third-order valence-corrected chi connectivity index (χ3v) is 4.56. The summed E-state index contributed by atoms with van der Waals surface area (Å²) in [5.41, 5.74) is 0. The van der Waals surface area contributed by atoms with E-state index in [4.69, 9.17) is 0 Å². The zero-order valence-corrected chi connectivity index (χ0v) is 14.3. The van der Waals surface area contributed by atoms with Crippen molar-refractivity contribution in [2.45, 2.75) is 70.9 Å². The first-order valence-corrected chi connectivity index (χ1v) is 8.81. The molecule has 0 aliphatic heterocycles. The van der Waals surface area contributed by atoms with E-state index in [1.54, 1.807) is 0 Å². The molecule has 0 amide bonds. The van der Waals surface area contributed by atoms with Crippen LogP contribution in [-0.4, -0.2) is 62.2 Å². The smallest absolute Gasteiger partial charge is 0.0249 e. The van der Waals surface area contributed by atoms with Crippen LogP contribution in [0.5, 0.6) is 0 Å². The minimum Gasteiger partial charge on any atom is -0.312 e. The average molecular weight is 284 g/mol. The van der Waals surface area contributed by atoms with Crippen molar-refractivity contribution < 1.29 is 0 Å². The van der Waals surface area contributed by atoms with Crippen LogP contribution in [-0.2, 0) is 0 Å². The second-order valence-electron chi connectivity index (χ2n) is 6.55. The molecule has 0 aromatic rings. The normalized spacial score (nSPS) is 24.3. The lowest BCUT2D eigenvalue weighted by atomic mass is 10.0. The van der Waals surface area contributed by atoms with Crippen molar-refractivity contribution in [3.63, 3.8) is 0 Å². The Morgan fingerprint density at radius 2 is 1.75 bits per heavy atom. The van der Waals surface area contributed by atoms with E-state index in [-0.39, 0.29) is 0 Å². The molecule has 0 radical (unpaired) electrons. The topological polar surface area (TPSA) is 18.5 Å². The minimum atomic E-state index is 0.719. The van der Waals surface area contributed by atoms with Crippen LogP contribution >= 0.6 is 0 Å². The van der Waals surface area contributed by atoms with Crippen LogP contribution in [0, 0.1) is 0 Å². The number of likely N-dealkylation sites (N-methyl/N-ethyl adjacent to an activating group) is 1. The van der Waals surface area contributed by atoms with Gasteiger partial charge in [0.2, 0.25) is 0 Å².